The van der Waals surface area contributed by atoms with Gasteiger partial charge in [0.2, 0.25) is 6.04 Å². The van der Waals surface area contributed by atoms with Crippen LogP contribution in [0.4, 0.5) is 18.9 Å². The van der Waals surface area contributed by atoms with E-state index >= 15 is 0 Å². The zero-order chi connectivity index (χ0) is 20.5. The highest BCUT2D eigenvalue weighted by atomic mass is 19.4. The summed E-state index contributed by atoms with van der Waals surface area (Å²) < 4.78 is 45.4. The van der Waals surface area contributed by atoms with Crippen molar-refractivity contribution in [3.8, 4) is 6.07 Å². The fourth-order valence-corrected chi connectivity index (χ4v) is 3.59. The van der Waals surface area contributed by atoms with Crippen LogP contribution in [0.1, 0.15) is 30.9 Å². The van der Waals surface area contributed by atoms with Crippen LogP contribution in [0.5, 0.6) is 0 Å². The minimum absolute atomic E-state index is 0.0663. The molecule has 0 radical (unpaired) electrons. The van der Waals surface area contributed by atoms with Crippen LogP contribution in [-0.2, 0) is 15.7 Å². The third kappa shape index (κ3) is 3.90. The Kier molecular flexibility index (Phi) is 5.48. The molecule has 148 valence electrons. The van der Waals surface area contributed by atoms with Gasteiger partial charge in [0, 0.05) is 31.6 Å². The maximum atomic E-state index is 13.2. The van der Waals surface area contributed by atoms with Crippen molar-refractivity contribution in [1.82, 2.24) is 4.90 Å². The Morgan fingerprint density at radius 2 is 2.04 bits per heavy atom. The molecule has 0 saturated carbocycles. The van der Waals surface area contributed by atoms with E-state index in [1.165, 1.54) is 6.07 Å². The van der Waals surface area contributed by atoms with Crippen molar-refractivity contribution in [2.24, 2.45) is 0 Å². The summed E-state index contributed by atoms with van der Waals surface area (Å²) in [5, 5.41) is 8.93. The first-order valence-electron chi connectivity index (χ1n) is 8.93. The Morgan fingerprint density at radius 1 is 1.36 bits per heavy atom. The van der Waals surface area contributed by atoms with Gasteiger partial charge in [-0.2, -0.15) is 18.4 Å². The summed E-state index contributed by atoms with van der Waals surface area (Å²) in [5.74, 6) is -0.206. The number of benzene rings is 1. The maximum absolute atomic E-state index is 13.2. The molecule has 2 aliphatic heterocycles. The number of anilines is 1. The van der Waals surface area contributed by atoms with Crippen LogP contribution in [0.3, 0.4) is 0 Å². The highest BCUT2D eigenvalue weighted by Crippen LogP contribution is 2.36. The molecule has 1 aromatic rings. The molecule has 3 rings (SSSR count). The molecule has 28 heavy (non-hydrogen) atoms. The first-order valence-corrected chi connectivity index (χ1v) is 8.93. The van der Waals surface area contributed by atoms with Crippen molar-refractivity contribution < 1.29 is 22.7 Å². The largest absolute Gasteiger partial charge is 0.417 e. The topological polar surface area (TPSA) is 60.9 Å². The van der Waals surface area contributed by atoms with Gasteiger partial charge in [0.25, 0.3) is 5.91 Å². The van der Waals surface area contributed by atoms with Gasteiger partial charge in [-0.1, -0.05) is 0 Å². The van der Waals surface area contributed by atoms with Crippen LogP contribution >= 0.6 is 0 Å². The second-order valence-corrected chi connectivity index (χ2v) is 6.90. The minimum atomic E-state index is -4.65. The molecule has 2 aliphatic rings. The van der Waals surface area contributed by atoms with Gasteiger partial charge in [0.05, 0.1) is 23.7 Å². The predicted octanol–water partition coefficient (Wildman–Crippen LogP) is 3.04. The Balaban J connectivity index is 1.75. The lowest BCUT2D eigenvalue weighted by Gasteiger charge is -2.29. The number of piperidine rings is 1. The number of hydrogen-bond donors (Lipinski definition) is 0. The van der Waals surface area contributed by atoms with Crippen molar-refractivity contribution in [3.05, 3.63) is 40.7 Å². The fraction of sp³-hybridized carbons (Fsp3) is 0.526. The van der Waals surface area contributed by atoms with E-state index in [9.17, 15) is 18.0 Å². The first-order chi connectivity index (χ1) is 13.2. The van der Waals surface area contributed by atoms with E-state index in [0.29, 0.717) is 25.9 Å². The van der Waals surface area contributed by atoms with Crippen LogP contribution in [0, 0.1) is 17.9 Å². The van der Waals surface area contributed by atoms with Gasteiger partial charge in [-0.15, -0.1) is 0 Å². The van der Waals surface area contributed by atoms with Gasteiger partial charge >= 0.3 is 6.18 Å². The summed E-state index contributed by atoms with van der Waals surface area (Å²) in [5.41, 5.74) is -1.20. The van der Waals surface area contributed by atoms with Crippen LogP contribution in [0.25, 0.3) is 4.85 Å². The molecule has 0 N–H and O–H groups in total. The maximum Gasteiger partial charge on any atom is 0.417 e. The molecule has 1 amide bonds. The number of halogens is 3. The molecule has 9 heteroatoms. The third-order valence-corrected chi connectivity index (χ3v) is 5.16. The number of likely N-dealkylation sites (tertiary alicyclic amines) is 1. The van der Waals surface area contributed by atoms with E-state index in [1.54, 1.807) is 22.8 Å². The highest BCUT2D eigenvalue weighted by Gasteiger charge is 2.40. The lowest BCUT2D eigenvalue weighted by molar-refractivity contribution is -0.143. The van der Waals surface area contributed by atoms with E-state index < -0.39 is 29.6 Å². The number of carbonyl (C=O) groups excluding carboxylic acids is 1. The average molecular weight is 392 g/mol. The van der Waals surface area contributed by atoms with Gasteiger partial charge in [0.1, 0.15) is 6.23 Å². The van der Waals surface area contributed by atoms with Crippen molar-refractivity contribution >= 4 is 11.6 Å². The number of ether oxygens (including phenoxy) is 1. The van der Waals surface area contributed by atoms with Crippen LogP contribution in [-0.4, -0.2) is 48.8 Å². The van der Waals surface area contributed by atoms with Crippen LogP contribution < -0.4 is 4.90 Å². The van der Waals surface area contributed by atoms with E-state index in [-0.39, 0.29) is 24.2 Å². The van der Waals surface area contributed by atoms with E-state index in [0.717, 1.165) is 12.1 Å². The molecule has 6 nitrogen and oxygen atoms in total. The summed E-state index contributed by atoms with van der Waals surface area (Å²) in [7, 11) is 0. The molecule has 2 fully saturated rings. The van der Waals surface area contributed by atoms with Crippen LogP contribution in [0.2, 0.25) is 0 Å². The van der Waals surface area contributed by atoms with Crippen molar-refractivity contribution in [2.75, 3.05) is 24.5 Å². The second-order valence-electron chi connectivity index (χ2n) is 6.90. The van der Waals surface area contributed by atoms with Gasteiger partial charge in [-0.3, -0.25) is 4.79 Å². The molecule has 1 aromatic carbocycles. The summed E-state index contributed by atoms with van der Waals surface area (Å²) in [4.78, 5) is 19.5. The molecule has 0 unspecified atom stereocenters. The summed E-state index contributed by atoms with van der Waals surface area (Å²) >= 11 is 0. The van der Waals surface area contributed by atoms with E-state index in [2.05, 4.69) is 4.85 Å². The van der Waals surface area contributed by atoms with Gasteiger partial charge in [-0.25, -0.2) is 6.57 Å². The van der Waals surface area contributed by atoms with Crippen molar-refractivity contribution in [1.29, 1.82) is 5.26 Å². The highest BCUT2D eigenvalue weighted by molar-refractivity contribution is 5.82. The number of nitrogens with zero attached hydrogens (tertiary/aromatic N) is 4. The Morgan fingerprint density at radius 3 is 2.61 bits per heavy atom. The number of rotatable bonds is 2. The molecule has 2 heterocycles. The monoisotopic (exact) mass is 392 g/mol. The zero-order valence-electron chi connectivity index (χ0n) is 15.2. The Hall–Kier alpha value is -2.78. The van der Waals surface area contributed by atoms with E-state index in [1.807, 2.05) is 0 Å². The summed E-state index contributed by atoms with van der Waals surface area (Å²) in [6.07, 6.45) is -4.77. The standard InChI is InChI=1S/C19H19F3N4O2/c1-12-26(15-4-3-13(10-23)16(9-15)19(20,21)22)11-17(28-12)18(27)25-7-5-14(24-2)6-8-25/h3-4,9,12,14,17H,5-8,11H2,1H3/t12-,17+/m1/s1. The molecule has 2 saturated heterocycles. The van der Waals surface area contributed by atoms with Gasteiger partial charge < -0.3 is 19.4 Å². The predicted molar refractivity (Wildman–Crippen MR) is 94.0 cm³/mol. The summed E-state index contributed by atoms with van der Waals surface area (Å²) in [6, 6.07) is 4.98. The molecule has 0 bridgehead atoms. The van der Waals surface area contributed by atoms with Crippen molar-refractivity contribution in [2.45, 2.75) is 44.3 Å². The number of nitriles is 1. The SMILES string of the molecule is [C-]#[N+]C1CCN(C(=O)[C@@H]2CN(c3ccc(C#N)c(C(F)(F)F)c3)[C@@H](C)O2)CC1. The quantitative estimate of drug-likeness (QED) is 0.726. The lowest BCUT2D eigenvalue weighted by atomic mass is 10.1. The Bertz CT molecular complexity index is 835. The Labute approximate surface area is 160 Å². The number of alkyl halides is 3. The van der Waals surface area contributed by atoms with Crippen LogP contribution in [0.15, 0.2) is 18.2 Å². The normalized spacial score (nSPS) is 23.4. The number of hydrogen-bond acceptors (Lipinski definition) is 4. The molecular formula is C19H19F3N4O2. The molecule has 2 atom stereocenters. The average Bonchev–Trinajstić information content (AvgIpc) is 3.08. The first kappa shape index (κ1) is 20.0. The lowest BCUT2D eigenvalue weighted by Crippen LogP contribution is -2.45. The smallest absolute Gasteiger partial charge is 0.344 e. The molecule has 0 aromatic heterocycles. The third-order valence-electron chi connectivity index (χ3n) is 5.16. The number of carbonyl (C=O) groups is 1. The van der Waals surface area contributed by atoms with Crippen molar-refractivity contribution in [3.63, 3.8) is 0 Å². The fourth-order valence-electron chi connectivity index (χ4n) is 3.59. The van der Waals surface area contributed by atoms with Gasteiger partial charge in [0.15, 0.2) is 6.10 Å². The van der Waals surface area contributed by atoms with E-state index in [4.69, 9.17) is 16.6 Å². The molecule has 0 aliphatic carbocycles. The second kappa shape index (κ2) is 7.69. The number of amides is 1. The minimum Gasteiger partial charge on any atom is -0.344 e. The van der Waals surface area contributed by atoms with Gasteiger partial charge in [-0.05, 0) is 25.1 Å². The summed E-state index contributed by atoms with van der Waals surface area (Å²) in [6.45, 7) is 9.83. The molecular weight excluding hydrogens is 373 g/mol. The molecule has 0 spiro atoms. The zero-order valence-corrected chi connectivity index (χ0v) is 15.2.